The summed E-state index contributed by atoms with van der Waals surface area (Å²) in [6, 6.07) is 17.7. The van der Waals surface area contributed by atoms with E-state index in [9.17, 15) is 4.79 Å². The van der Waals surface area contributed by atoms with Crippen molar-refractivity contribution in [3.05, 3.63) is 88.5 Å². The van der Waals surface area contributed by atoms with Gasteiger partial charge in [0.1, 0.15) is 5.82 Å². The highest BCUT2D eigenvalue weighted by molar-refractivity contribution is 5.83. The van der Waals surface area contributed by atoms with Crippen molar-refractivity contribution in [1.82, 2.24) is 19.9 Å². The van der Waals surface area contributed by atoms with Crippen LogP contribution in [0.5, 0.6) is 0 Å². The first kappa shape index (κ1) is 17.2. The van der Waals surface area contributed by atoms with E-state index in [2.05, 4.69) is 31.3 Å². The Balaban J connectivity index is 1.41. The van der Waals surface area contributed by atoms with Gasteiger partial charge in [-0.2, -0.15) is 0 Å². The molecular formula is C23H19N5O. The van der Waals surface area contributed by atoms with Crippen molar-refractivity contribution in [2.75, 3.05) is 5.32 Å². The third kappa shape index (κ3) is 3.36. The average molecular weight is 381 g/mol. The van der Waals surface area contributed by atoms with Crippen molar-refractivity contribution in [3.8, 4) is 11.4 Å². The molecule has 0 unspecified atom stereocenters. The summed E-state index contributed by atoms with van der Waals surface area (Å²) in [5.41, 5.74) is 6.31. The predicted molar refractivity (Wildman–Crippen MR) is 116 cm³/mol. The van der Waals surface area contributed by atoms with Crippen molar-refractivity contribution in [2.45, 2.75) is 13.5 Å². The Morgan fingerprint density at radius 2 is 1.93 bits per heavy atom. The second-order valence-electron chi connectivity index (χ2n) is 7.13. The molecule has 6 heteroatoms. The Labute approximate surface area is 166 Å². The van der Waals surface area contributed by atoms with Gasteiger partial charge in [0.05, 0.1) is 11.0 Å². The average Bonchev–Trinajstić information content (AvgIpc) is 3.16. The number of imidazole rings is 1. The Bertz CT molecular complexity index is 1390. The first-order chi connectivity index (χ1) is 14.2. The number of anilines is 1. The van der Waals surface area contributed by atoms with E-state index in [0.717, 1.165) is 44.6 Å². The van der Waals surface area contributed by atoms with Crippen LogP contribution in [0.15, 0.2) is 71.8 Å². The van der Waals surface area contributed by atoms with Crippen LogP contribution >= 0.6 is 0 Å². The van der Waals surface area contributed by atoms with Crippen LogP contribution in [0, 0.1) is 6.92 Å². The van der Waals surface area contributed by atoms with Crippen molar-refractivity contribution in [3.63, 3.8) is 0 Å². The minimum Gasteiger partial charge on any atom is -0.381 e. The standard InChI is InChI=1S/C23H19N5O/c1-14-4-6-19-16(9-14)10-17(23(29)28-19)13-25-18-5-7-20-21(11-18)27-22(26-20)15-3-2-8-24-12-15/h2-12,25H,13H2,1H3,(H,26,27)(H,28,29). The fraction of sp³-hybridized carbons (Fsp3) is 0.0870. The highest BCUT2D eigenvalue weighted by atomic mass is 16.1. The third-order valence-corrected chi connectivity index (χ3v) is 4.98. The molecule has 142 valence electrons. The molecule has 0 aliphatic rings. The lowest BCUT2D eigenvalue weighted by Crippen LogP contribution is -2.15. The van der Waals surface area contributed by atoms with Gasteiger partial charge >= 0.3 is 0 Å². The zero-order valence-electron chi connectivity index (χ0n) is 15.9. The van der Waals surface area contributed by atoms with Gasteiger partial charge in [-0.05, 0) is 60.8 Å². The van der Waals surface area contributed by atoms with E-state index in [1.165, 1.54) is 0 Å². The summed E-state index contributed by atoms with van der Waals surface area (Å²) in [5, 5.41) is 4.38. The lowest BCUT2D eigenvalue weighted by Gasteiger charge is -2.07. The monoisotopic (exact) mass is 381 g/mol. The van der Waals surface area contributed by atoms with Crippen LogP contribution in [0.4, 0.5) is 5.69 Å². The molecule has 6 nitrogen and oxygen atoms in total. The molecular weight excluding hydrogens is 362 g/mol. The molecule has 5 rings (SSSR count). The van der Waals surface area contributed by atoms with Crippen LogP contribution in [0.1, 0.15) is 11.1 Å². The Morgan fingerprint density at radius 1 is 1.00 bits per heavy atom. The minimum absolute atomic E-state index is 0.0738. The largest absolute Gasteiger partial charge is 0.381 e. The Morgan fingerprint density at radius 3 is 2.79 bits per heavy atom. The zero-order valence-corrected chi connectivity index (χ0v) is 15.9. The summed E-state index contributed by atoms with van der Waals surface area (Å²) in [6.45, 7) is 2.48. The summed E-state index contributed by atoms with van der Waals surface area (Å²) in [5.74, 6) is 0.784. The fourth-order valence-corrected chi connectivity index (χ4v) is 3.46. The molecule has 3 N–H and O–H groups in total. The van der Waals surface area contributed by atoms with E-state index >= 15 is 0 Å². The van der Waals surface area contributed by atoms with Gasteiger partial charge in [-0.15, -0.1) is 0 Å². The van der Waals surface area contributed by atoms with Crippen LogP contribution in [0.2, 0.25) is 0 Å². The van der Waals surface area contributed by atoms with E-state index < -0.39 is 0 Å². The summed E-state index contributed by atoms with van der Waals surface area (Å²) in [7, 11) is 0. The van der Waals surface area contributed by atoms with E-state index in [1.54, 1.807) is 12.4 Å². The van der Waals surface area contributed by atoms with Gasteiger partial charge in [-0.1, -0.05) is 11.6 Å². The summed E-state index contributed by atoms with van der Waals surface area (Å²) in [6.07, 6.45) is 3.52. The molecule has 0 radical (unpaired) electrons. The molecule has 29 heavy (non-hydrogen) atoms. The Hall–Kier alpha value is -3.93. The minimum atomic E-state index is -0.0738. The summed E-state index contributed by atoms with van der Waals surface area (Å²) < 4.78 is 0. The molecule has 0 aliphatic carbocycles. The lowest BCUT2D eigenvalue weighted by atomic mass is 10.1. The van der Waals surface area contributed by atoms with Gasteiger partial charge in [-0.25, -0.2) is 4.98 Å². The smallest absolute Gasteiger partial charge is 0.253 e. The number of hydrogen-bond donors (Lipinski definition) is 3. The van der Waals surface area contributed by atoms with Gasteiger partial charge in [0.15, 0.2) is 0 Å². The van der Waals surface area contributed by atoms with Gasteiger partial charge in [0, 0.05) is 41.3 Å². The number of benzene rings is 2. The van der Waals surface area contributed by atoms with Gasteiger partial charge in [0.25, 0.3) is 5.56 Å². The summed E-state index contributed by atoms with van der Waals surface area (Å²) >= 11 is 0. The van der Waals surface area contributed by atoms with Gasteiger partial charge in [-0.3, -0.25) is 9.78 Å². The molecule has 0 bridgehead atoms. The number of H-pyrrole nitrogens is 2. The first-order valence-corrected chi connectivity index (χ1v) is 9.42. The van der Waals surface area contributed by atoms with Crippen LogP contribution in [0.25, 0.3) is 33.3 Å². The molecule has 0 saturated carbocycles. The number of nitrogens with one attached hydrogen (secondary N) is 3. The molecule has 0 amide bonds. The van der Waals surface area contributed by atoms with Crippen LogP contribution in [-0.2, 0) is 6.54 Å². The molecule has 0 fully saturated rings. The van der Waals surface area contributed by atoms with E-state index in [0.29, 0.717) is 12.1 Å². The number of hydrogen-bond acceptors (Lipinski definition) is 4. The number of fused-ring (bicyclic) bond motifs is 2. The van der Waals surface area contributed by atoms with Gasteiger partial charge in [0.2, 0.25) is 0 Å². The zero-order chi connectivity index (χ0) is 19.8. The molecule has 2 aromatic carbocycles. The van der Waals surface area contributed by atoms with Crippen molar-refractivity contribution >= 4 is 27.6 Å². The number of nitrogens with zero attached hydrogens (tertiary/aromatic N) is 2. The van der Waals surface area contributed by atoms with Crippen LogP contribution < -0.4 is 10.9 Å². The molecule has 3 heterocycles. The van der Waals surface area contributed by atoms with Crippen molar-refractivity contribution < 1.29 is 0 Å². The maximum absolute atomic E-state index is 12.4. The second-order valence-corrected chi connectivity index (χ2v) is 7.13. The molecule has 3 aromatic heterocycles. The van der Waals surface area contributed by atoms with Gasteiger partial charge < -0.3 is 15.3 Å². The van der Waals surface area contributed by atoms with E-state index in [1.807, 2.05) is 55.5 Å². The first-order valence-electron chi connectivity index (χ1n) is 9.42. The highest BCUT2D eigenvalue weighted by Crippen LogP contribution is 2.22. The Kier molecular flexibility index (Phi) is 4.09. The number of aromatic amines is 2. The quantitative estimate of drug-likeness (QED) is 0.431. The van der Waals surface area contributed by atoms with E-state index in [4.69, 9.17) is 0 Å². The van der Waals surface area contributed by atoms with Crippen molar-refractivity contribution in [2.24, 2.45) is 0 Å². The summed E-state index contributed by atoms with van der Waals surface area (Å²) in [4.78, 5) is 27.4. The maximum Gasteiger partial charge on any atom is 0.253 e. The lowest BCUT2D eigenvalue weighted by molar-refractivity contribution is 1.09. The molecule has 0 aliphatic heterocycles. The molecule has 5 aromatic rings. The number of aromatic nitrogens is 4. The number of rotatable bonds is 4. The topological polar surface area (TPSA) is 86.5 Å². The normalized spacial score (nSPS) is 11.2. The second kappa shape index (κ2) is 6.91. The SMILES string of the molecule is Cc1ccc2[nH]c(=O)c(CNc3ccc4nc(-c5cccnc5)[nH]c4c3)cc2c1. The predicted octanol–water partition coefficient (Wildman–Crippen LogP) is 4.39. The van der Waals surface area contributed by atoms with Crippen molar-refractivity contribution in [1.29, 1.82) is 0 Å². The highest BCUT2D eigenvalue weighted by Gasteiger charge is 2.07. The molecule has 0 atom stereocenters. The molecule has 0 saturated heterocycles. The third-order valence-electron chi connectivity index (χ3n) is 4.98. The number of pyridine rings is 2. The van der Waals surface area contributed by atoms with Crippen LogP contribution in [-0.4, -0.2) is 19.9 Å². The maximum atomic E-state index is 12.4. The van der Waals surface area contributed by atoms with Crippen LogP contribution in [0.3, 0.4) is 0 Å². The molecule has 0 spiro atoms. The fourth-order valence-electron chi connectivity index (χ4n) is 3.46. The van der Waals surface area contributed by atoms with E-state index in [-0.39, 0.29) is 5.56 Å². The number of aryl methyl sites for hydroxylation is 1.